The first-order valence-electron chi connectivity index (χ1n) is 6.36. The van der Waals surface area contributed by atoms with Gasteiger partial charge in [-0.1, -0.05) is 45.8 Å². The summed E-state index contributed by atoms with van der Waals surface area (Å²) < 4.78 is 6.98. The summed E-state index contributed by atoms with van der Waals surface area (Å²) in [6, 6.07) is 14.4. The fourth-order valence-corrected chi connectivity index (χ4v) is 2.43. The summed E-state index contributed by atoms with van der Waals surface area (Å²) in [4.78, 5) is 0. The van der Waals surface area contributed by atoms with Crippen molar-refractivity contribution in [3.8, 4) is 5.75 Å². The van der Waals surface area contributed by atoms with Gasteiger partial charge in [-0.15, -0.1) is 0 Å². The third kappa shape index (κ3) is 4.08. The molecule has 0 spiro atoms. The van der Waals surface area contributed by atoms with E-state index >= 15 is 0 Å². The molecule has 2 aromatic carbocycles. The Morgan fingerprint density at radius 2 is 2.00 bits per heavy atom. The normalized spacial score (nSPS) is 10.5. The molecule has 0 saturated heterocycles. The van der Waals surface area contributed by atoms with Crippen LogP contribution in [0, 0.1) is 6.92 Å². The topological polar surface area (TPSA) is 35.2 Å². The molecule has 0 fully saturated rings. The Bertz CT molecular complexity index is 554. The lowest BCUT2D eigenvalue weighted by Gasteiger charge is -2.12. The van der Waals surface area contributed by atoms with E-state index in [2.05, 4.69) is 47.1 Å². The molecule has 0 atom stereocenters. The van der Waals surface area contributed by atoms with Crippen molar-refractivity contribution in [3.63, 3.8) is 0 Å². The molecule has 2 aromatic rings. The van der Waals surface area contributed by atoms with Crippen molar-refractivity contribution in [2.24, 2.45) is 5.73 Å². The summed E-state index contributed by atoms with van der Waals surface area (Å²) in [7, 11) is 0. The fourth-order valence-electron chi connectivity index (χ4n) is 1.99. The van der Waals surface area contributed by atoms with Crippen molar-refractivity contribution in [2.75, 3.05) is 6.54 Å². The van der Waals surface area contributed by atoms with E-state index in [4.69, 9.17) is 10.5 Å². The monoisotopic (exact) mass is 319 g/mol. The first-order chi connectivity index (χ1) is 9.19. The number of aryl methyl sites for hydroxylation is 1. The van der Waals surface area contributed by atoms with Gasteiger partial charge in [0.2, 0.25) is 0 Å². The molecule has 2 nitrogen and oxygen atoms in total. The molecule has 0 unspecified atom stereocenters. The fraction of sp³-hybridized carbons (Fsp3) is 0.250. The van der Waals surface area contributed by atoms with Crippen molar-refractivity contribution in [1.29, 1.82) is 0 Å². The second kappa shape index (κ2) is 6.73. The molecule has 0 aromatic heterocycles. The van der Waals surface area contributed by atoms with Crippen LogP contribution in [0.25, 0.3) is 0 Å². The summed E-state index contributed by atoms with van der Waals surface area (Å²) in [6.07, 6.45) is 0.843. The summed E-state index contributed by atoms with van der Waals surface area (Å²) in [5.41, 5.74) is 9.20. The lowest BCUT2D eigenvalue weighted by Crippen LogP contribution is -2.05. The lowest BCUT2D eigenvalue weighted by molar-refractivity contribution is 0.303. The largest absolute Gasteiger partial charge is 0.489 e. The van der Waals surface area contributed by atoms with Gasteiger partial charge in [0.05, 0.1) is 0 Å². The van der Waals surface area contributed by atoms with E-state index in [1.165, 1.54) is 11.1 Å². The van der Waals surface area contributed by atoms with Crippen LogP contribution in [-0.2, 0) is 13.0 Å². The highest BCUT2D eigenvalue weighted by atomic mass is 79.9. The van der Waals surface area contributed by atoms with Crippen molar-refractivity contribution in [2.45, 2.75) is 20.0 Å². The molecule has 0 aliphatic carbocycles. The molecule has 100 valence electrons. The number of benzene rings is 2. The van der Waals surface area contributed by atoms with Gasteiger partial charge in [-0.05, 0) is 49.2 Å². The summed E-state index contributed by atoms with van der Waals surface area (Å²) in [6.45, 7) is 3.29. The molecule has 2 rings (SSSR count). The Labute approximate surface area is 122 Å². The Hall–Kier alpha value is -1.32. The van der Waals surface area contributed by atoms with Crippen LogP contribution in [0.15, 0.2) is 46.9 Å². The van der Waals surface area contributed by atoms with Gasteiger partial charge in [-0.2, -0.15) is 0 Å². The summed E-state index contributed by atoms with van der Waals surface area (Å²) >= 11 is 3.47. The van der Waals surface area contributed by atoms with Crippen LogP contribution >= 0.6 is 15.9 Å². The van der Waals surface area contributed by atoms with Crippen molar-refractivity contribution < 1.29 is 4.74 Å². The Morgan fingerprint density at radius 1 is 1.16 bits per heavy atom. The van der Waals surface area contributed by atoms with Crippen molar-refractivity contribution >= 4 is 15.9 Å². The molecular formula is C16H18BrNO. The zero-order chi connectivity index (χ0) is 13.7. The molecule has 19 heavy (non-hydrogen) atoms. The predicted octanol–water partition coefficient (Wildman–Crippen LogP) is 3.84. The molecule has 0 saturated carbocycles. The van der Waals surface area contributed by atoms with E-state index in [0.717, 1.165) is 22.2 Å². The predicted molar refractivity (Wildman–Crippen MR) is 82.4 cm³/mol. The summed E-state index contributed by atoms with van der Waals surface area (Å²) in [5, 5.41) is 0. The summed E-state index contributed by atoms with van der Waals surface area (Å²) in [5.74, 6) is 0.927. The van der Waals surface area contributed by atoms with E-state index in [1.54, 1.807) is 0 Å². The highest BCUT2D eigenvalue weighted by molar-refractivity contribution is 9.10. The minimum atomic E-state index is 0.570. The second-order valence-electron chi connectivity index (χ2n) is 4.57. The third-order valence-electron chi connectivity index (χ3n) is 2.91. The smallest absolute Gasteiger partial charge is 0.123 e. The maximum Gasteiger partial charge on any atom is 0.123 e. The molecule has 3 heteroatoms. The first-order valence-corrected chi connectivity index (χ1v) is 7.15. The number of halogens is 1. The van der Waals surface area contributed by atoms with Gasteiger partial charge < -0.3 is 10.5 Å². The standard InChI is InChI=1S/C16H18BrNO/c1-12-5-6-16(14(9-12)7-8-18)19-11-13-3-2-4-15(17)10-13/h2-6,9-10H,7-8,11,18H2,1H3. The average molecular weight is 320 g/mol. The molecule has 0 amide bonds. The van der Waals surface area contributed by atoms with Crippen LogP contribution in [0.5, 0.6) is 5.75 Å². The van der Waals surface area contributed by atoms with Crippen LogP contribution < -0.4 is 10.5 Å². The van der Waals surface area contributed by atoms with Crippen LogP contribution in [0.1, 0.15) is 16.7 Å². The SMILES string of the molecule is Cc1ccc(OCc2cccc(Br)c2)c(CCN)c1. The molecular weight excluding hydrogens is 302 g/mol. The number of ether oxygens (including phenoxy) is 1. The van der Waals surface area contributed by atoms with Crippen LogP contribution in [-0.4, -0.2) is 6.54 Å². The first kappa shape index (κ1) is 14.1. The van der Waals surface area contributed by atoms with E-state index < -0.39 is 0 Å². The Kier molecular flexibility index (Phi) is 5.00. The quantitative estimate of drug-likeness (QED) is 0.908. The highest BCUT2D eigenvalue weighted by Gasteiger charge is 2.04. The maximum atomic E-state index is 5.91. The Morgan fingerprint density at radius 3 is 2.74 bits per heavy atom. The minimum absolute atomic E-state index is 0.570. The highest BCUT2D eigenvalue weighted by Crippen LogP contribution is 2.22. The lowest BCUT2D eigenvalue weighted by atomic mass is 10.1. The average Bonchev–Trinajstić information content (AvgIpc) is 2.38. The van der Waals surface area contributed by atoms with Gasteiger partial charge in [-0.3, -0.25) is 0 Å². The van der Waals surface area contributed by atoms with Gasteiger partial charge in [0.15, 0.2) is 0 Å². The number of rotatable bonds is 5. The zero-order valence-electron chi connectivity index (χ0n) is 11.0. The zero-order valence-corrected chi connectivity index (χ0v) is 12.6. The van der Waals surface area contributed by atoms with Crippen molar-refractivity contribution in [1.82, 2.24) is 0 Å². The van der Waals surface area contributed by atoms with Crippen LogP contribution in [0.2, 0.25) is 0 Å². The van der Waals surface area contributed by atoms with E-state index in [9.17, 15) is 0 Å². The molecule has 0 aliphatic rings. The minimum Gasteiger partial charge on any atom is -0.489 e. The van der Waals surface area contributed by atoms with Gasteiger partial charge in [-0.25, -0.2) is 0 Å². The Balaban J connectivity index is 2.10. The third-order valence-corrected chi connectivity index (χ3v) is 3.41. The van der Waals surface area contributed by atoms with E-state index in [-0.39, 0.29) is 0 Å². The number of hydrogen-bond donors (Lipinski definition) is 1. The van der Waals surface area contributed by atoms with E-state index in [0.29, 0.717) is 13.2 Å². The second-order valence-corrected chi connectivity index (χ2v) is 5.48. The van der Waals surface area contributed by atoms with Gasteiger partial charge in [0.25, 0.3) is 0 Å². The molecule has 0 aliphatic heterocycles. The molecule has 2 N–H and O–H groups in total. The van der Waals surface area contributed by atoms with Gasteiger partial charge in [0, 0.05) is 4.47 Å². The van der Waals surface area contributed by atoms with Gasteiger partial charge >= 0.3 is 0 Å². The number of nitrogens with two attached hydrogens (primary N) is 1. The van der Waals surface area contributed by atoms with E-state index in [1.807, 2.05) is 18.2 Å². The van der Waals surface area contributed by atoms with Gasteiger partial charge in [0.1, 0.15) is 12.4 Å². The van der Waals surface area contributed by atoms with Crippen LogP contribution in [0.4, 0.5) is 0 Å². The number of hydrogen-bond acceptors (Lipinski definition) is 2. The van der Waals surface area contributed by atoms with Crippen LogP contribution in [0.3, 0.4) is 0 Å². The maximum absolute atomic E-state index is 5.91. The molecule has 0 heterocycles. The molecule has 0 bridgehead atoms. The molecule has 0 radical (unpaired) electrons. The van der Waals surface area contributed by atoms with Crippen molar-refractivity contribution in [3.05, 3.63) is 63.6 Å².